The van der Waals surface area contributed by atoms with Crippen LogP contribution in [0.15, 0.2) is 0 Å². The third-order valence-corrected chi connectivity index (χ3v) is 6.41. The zero-order chi connectivity index (χ0) is 38.0. The SMILES string of the molecule is CC(NC(=O)C(CCC(=O)O)NC(=O)C(CCC(N)=O)NC(=O)C(CC(N)=O)NC(=O)C(N)CCC(N)=O)C(=O)NC(CC(=O)O)C(=O)O. The first-order valence-electron chi connectivity index (χ1n) is 14.4. The number of carboxylic acids is 3. The van der Waals surface area contributed by atoms with Crippen LogP contribution in [0.1, 0.15) is 58.3 Å². The highest BCUT2D eigenvalue weighted by molar-refractivity contribution is 5.98. The van der Waals surface area contributed by atoms with E-state index in [0.717, 1.165) is 6.92 Å². The molecule has 0 aliphatic rings. The normalized spacial score (nSPS) is 14.2. The van der Waals surface area contributed by atoms with E-state index >= 15 is 0 Å². The third-order valence-electron chi connectivity index (χ3n) is 6.41. The Hall–Kier alpha value is -5.87. The standard InChI is InChI=1S/C26H41N9O14/c1-10(21(43)35-15(26(48)49)9-20(41)42)31-23(45)13(4-7-19(39)40)32-24(46)12(3-6-17(29)37)33-25(47)14(8-18(30)38)34-22(44)11(27)2-5-16(28)36/h10-15H,2-9,27H2,1H3,(H2,28,36)(H2,29,37)(H2,30,38)(H,31,45)(H,32,46)(H,33,47)(H,34,44)(H,35,43)(H,39,40)(H,41,42)(H,48,49). The highest BCUT2D eigenvalue weighted by Crippen LogP contribution is 2.06. The number of rotatable bonds is 24. The Balaban J connectivity index is 6.03. The van der Waals surface area contributed by atoms with Crippen molar-refractivity contribution in [1.29, 1.82) is 0 Å². The summed E-state index contributed by atoms with van der Waals surface area (Å²) in [7, 11) is 0. The van der Waals surface area contributed by atoms with Gasteiger partial charge in [0.05, 0.1) is 18.9 Å². The van der Waals surface area contributed by atoms with Gasteiger partial charge in [-0.2, -0.15) is 0 Å². The molecule has 0 rings (SSSR count). The molecule has 274 valence electrons. The third kappa shape index (κ3) is 18.2. The quantitative estimate of drug-likeness (QED) is 0.0445. The smallest absolute Gasteiger partial charge is 0.326 e. The van der Waals surface area contributed by atoms with Gasteiger partial charge in [-0.3, -0.25) is 47.9 Å². The largest absolute Gasteiger partial charge is 0.481 e. The highest BCUT2D eigenvalue weighted by atomic mass is 16.4. The van der Waals surface area contributed by atoms with E-state index < -0.39 is 140 Å². The lowest BCUT2D eigenvalue weighted by Gasteiger charge is -2.26. The fourth-order valence-corrected chi connectivity index (χ4v) is 3.81. The summed E-state index contributed by atoms with van der Waals surface area (Å²) in [5.74, 6) is -13.1. The molecule has 0 aliphatic carbocycles. The number of nitrogens with two attached hydrogens (primary N) is 4. The molecule has 0 heterocycles. The van der Waals surface area contributed by atoms with E-state index in [1.54, 1.807) is 0 Å². The molecule has 0 aliphatic heterocycles. The number of nitrogens with one attached hydrogen (secondary N) is 5. The first-order chi connectivity index (χ1) is 22.6. The second-order valence-corrected chi connectivity index (χ2v) is 10.6. The number of carbonyl (C=O) groups is 11. The number of primary amides is 3. The van der Waals surface area contributed by atoms with Crippen LogP contribution < -0.4 is 49.5 Å². The number of carboxylic acid groups (broad SMARTS) is 3. The summed E-state index contributed by atoms with van der Waals surface area (Å²) in [5.41, 5.74) is 21.0. The van der Waals surface area contributed by atoms with Crippen LogP contribution in [0, 0.1) is 0 Å². The van der Waals surface area contributed by atoms with Gasteiger partial charge in [-0.05, 0) is 26.2 Å². The lowest BCUT2D eigenvalue weighted by atomic mass is 10.1. The summed E-state index contributed by atoms with van der Waals surface area (Å²) in [6, 6.07) is -9.90. The van der Waals surface area contributed by atoms with Gasteiger partial charge in [0.25, 0.3) is 0 Å². The molecule has 6 unspecified atom stereocenters. The van der Waals surface area contributed by atoms with Crippen LogP contribution in [0.25, 0.3) is 0 Å². The Morgan fingerprint density at radius 1 is 0.490 bits per heavy atom. The second kappa shape index (κ2) is 21.1. The first kappa shape index (κ1) is 43.1. The number of hydrogen-bond donors (Lipinski definition) is 12. The number of carbonyl (C=O) groups excluding carboxylic acids is 8. The van der Waals surface area contributed by atoms with E-state index in [-0.39, 0.29) is 12.8 Å². The fraction of sp³-hybridized carbons (Fsp3) is 0.577. The average molecular weight is 704 g/mol. The summed E-state index contributed by atoms with van der Waals surface area (Å²) in [6.07, 6.45) is -4.63. The van der Waals surface area contributed by atoms with Gasteiger partial charge in [-0.25, -0.2) is 4.79 Å². The van der Waals surface area contributed by atoms with Crippen LogP contribution in [0.3, 0.4) is 0 Å². The van der Waals surface area contributed by atoms with Crippen LogP contribution in [0.5, 0.6) is 0 Å². The van der Waals surface area contributed by atoms with Crippen molar-refractivity contribution in [3.05, 3.63) is 0 Å². The molecule has 49 heavy (non-hydrogen) atoms. The van der Waals surface area contributed by atoms with Crippen LogP contribution in [-0.2, 0) is 52.7 Å². The topological polar surface area (TPSA) is 413 Å². The zero-order valence-electron chi connectivity index (χ0n) is 26.3. The van der Waals surface area contributed by atoms with E-state index in [0.29, 0.717) is 0 Å². The molecule has 0 aromatic heterocycles. The summed E-state index contributed by atoms with van der Waals surface area (Å²) in [6.45, 7) is 1.08. The van der Waals surface area contributed by atoms with E-state index in [9.17, 15) is 52.7 Å². The van der Waals surface area contributed by atoms with Crippen molar-refractivity contribution in [2.24, 2.45) is 22.9 Å². The summed E-state index contributed by atoms with van der Waals surface area (Å²) < 4.78 is 0. The lowest BCUT2D eigenvalue weighted by Crippen LogP contribution is -2.59. The van der Waals surface area contributed by atoms with Gasteiger partial charge in [-0.15, -0.1) is 0 Å². The first-order valence-corrected chi connectivity index (χ1v) is 14.4. The fourth-order valence-electron chi connectivity index (χ4n) is 3.81. The molecule has 0 aromatic rings. The molecule has 0 saturated carbocycles. The van der Waals surface area contributed by atoms with E-state index in [2.05, 4.69) is 21.3 Å². The van der Waals surface area contributed by atoms with Gasteiger partial charge in [0, 0.05) is 19.3 Å². The average Bonchev–Trinajstić information content (AvgIpc) is 2.97. The van der Waals surface area contributed by atoms with Crippen LogP contribution in [-0.4, -0.2) is 117 Å². The van der Waals surface area contributed by atoms with Crippen molar-refractivity contribution in [1.82, 2.24) is 26.6 Å². The molecule has 0 fully saturated rings. The number of hydrogen-bond acceptors (Lipinski definition) is 12. The van der Waals surface area contributed by atoms with Crippen molar-refractivity contribution in [3.8, 4) is 0 Å². The summed E-state index contributed by atoms with van der Waals surface area (Å²) in [4.78, 5) is 132. The van der Waals surface area contributed by atoms with E-state index in [1.807, 2.05) is 5.32 Å². The predicted molar refractivity (Wildman–Crippen MR) is 161 cm³/mol. The lowest BCUT2D eigenvalue weighted by molar-refractivity contribution is -0.147. The van der Waals surface area contributed by atoms with Crippen molar-refractivity contribution < 1.29 is 68.1 Å². The molecule has 0 aromatic carbocycles. The van der Waals surface area contributed by atoms with Gasteiger partial charge in [0.2, 0.25) is 47.3 Å². The Labute approximate surface area is 277 Å². The maximum Gasteiger partial charge on any atom is 0.326 e. The Morgan fingerprint density at radius 2 is 0.918 bits per heavy atom. The maximum absolute atomic E-state index is 13.3. The van der Waals surface area contributed by atoms with E-state index in [1.165, 1.54) is 0 Å². The number of aliphatic carboxylic acids is 3. The minimum absolute atomic E-state index is 0.224. The molecule has 0 radical (unpaired) electrons. The van der Waals surface area contributed by atoms with Crippen LogP contribution in [0.4, 0.5) is 0 Å². The Bertz CT molecular complexity index is 1310. The molecule has 16 N–H and O–H groups in total. The molecule has 0 spiro atoms. The Kier molecular flexibility index (Phi) is 18.6. The minimum Gasteiger partial charge on any atom is -0.481 e. The van der Waals surface area contributed by atoms with Gasteiger partial charge in [-0.1, -0.05) is 0 Å². The molecule has 23 heteroatoms. The van der Waals surface area contributed by atoms with Crippen molar-refractivity contribution in [2.75, 3.05) is 0 Å². The maximum atomic E-state index is 13.3. The van der Waals surface area contributed by atoms with Crippen molar-refractivity contribution in [3.63, 3.8) is 0 Å². The second-order valence-electron chi connectivity index (χ2n) is 10.6. The van der Waals surface area contributed by atoms with Gasteiger partial charge >= 0.3 is 17.9 Å². The molecule has 6 atom stereocenters. The molecular weight excluding hydrogens is 662 g/mol. The minimum atomic E-state index is -1.87. The van der Waals surface area contributed by atoms with Gasteiger partial charge in [0.15, 0.2) is 0 Å². The van der Waals surface area contributed by atoms with Gasteiger partial charge < -0.3 is 64.8 Å². The molecule has 23 nitrogen and oxygen atoms in total. The molecular formula is C26H41N9O14. The summed E-state index contributed by atoms with van der Waals surface area (Å²) in [5, 5.41) is 37.6. The molecule has 8 amide bonds. The van der Waals surface area contributed by atoms with Gasteiger partial charge in [0.1, 0.15) is 30.2 Å². The van der Waals surface area contributed by atoms with Crippen molar-refractivity contribution >= 4 is 65.2 Å². The summed E-state index contributed by atoms with van der Waals surface area (Å²) >= 11 is 0. The zero-order valence-corrected chi connectivity index (χ0v) is 26.3. The predicted octanol–water partition coefficient (Wildman–Crippen LogP) is -6.41. The monoisotopic (exact) mass is 703 g/mol. The van der Waals surface area contributed by atoms with Crippen molar-refractivity contribution in [2.45, 2.75) is 94.5 Å². The number of amides is 8. The highest BCUT2D eigenvalue weighted by Gasteiger charge is 2.33. The molecule has 0 saturated heterocycles. The molecule has 0 bridgehead atoms. The van der Waals surface area contributed by atoms with E-state index in [4.69, 9.17) is 38.3 Å². The van der Waals surface area contributed by atoms with Crippen LogP contribution in [0.2, 0.25) is 0 Å². The Morgan fingerprint density at radius 3 is 1.37 bits per heavy atom. The van der Waals surface area contributed by atoms with Crippen LogP contribution >= 0.6 is 0 Å².